The highest BCUT2D eigenvalue weighted by Crippen LogP contribution is 2.29. The van der Waals surface area contributed by atoms with Crippen LogP contribution in [0, 0.1) is 13.8 Å². The summed E-state index contributed by atoms with van der Waals surface area (Å²) >= 11 is 0. The van der Waals surface area contributed by atoms with Gasteiger partial charge in [0.15, 0.2) is 0 Å². The van der Waals surface area contributed by atoms with E-state index in [1.807, 2.05) is 82.3 Å². The van der Waals surface area contributed by atoms with Gasteiger partial charge in [-0.1, -0.05) is 79.7 Å². The normalized spacial score (nSPS) is 12.5. The number of methoxy groups -OCH3 is 1. The van der Waals surface area contributed by atoms with E-state index in [2.05, 4.69) is 5.32 Å². The number of anilines is 1. The summed E-state index contributed by atoms with van der Waals surface area (Å²) in [6.07, 6.45) is 0.955. The Morgan fingerprint density at radius 3 is 2.13 bits per heavy atom. The molecule has 0 aromatic heterocycles. The van der Waals surface area contributed by atoms with E-state index in [9.17, 15) is 18.0 Å². The molecule has 0 fully saturated rings. The molecule has 0 aliphatic carbocycles. The molecular weight excluding hydrogens is 598 g/mol. The van der Waals surface area contributed by atoms with Crippen molar-refractivity contribution >= 4 is 27.5 Å². The first-order chi connectivity index (χ1) is 22.0. The SMILES string of the molecule is CC[C@H](C)NC(=O)[C@H](Cc1ccccc1)N(Cc1cccc(OC)c1)C(=O)CN(c1cccc(C)c1C)S(=O)(=O)c1ccccc1. The van der Waals surface area contributed by atoms with Crippen molar-refractivity contribution in [2.24, 2.45) is 0 Å². The van der Waals surface area contributed by atoms with Crippen LogP contribution in [0.15, 0.2) is 108 Å². The van der Waals surface area contributed by atoms with Crippen molar-refractivity contribution in [2.75, 3.05) is 18.0 Å². The third-order valence-electron chi connectivity index (χ3n) is 8.21. The minimum absolute atomic E-state index is 0.0630. The number of ether oxygens (including phenoxy) is 1. The minimum Gasteiger partial charge on any atom is -0.497 e. The van der Waals surface area contributed by atoms with Crippen LogP contribution in [0.1, 0.15) is 42.5 Å². The van der Waals surface area contributed by atoms with Crippen LogP contribution in [-0.4, -0.2) is 50.9 Å². The molecule has 4 aromatic rings. The lowest BCUT2D eigenvalue weighted by Gasteiger charge is -2.34. The molecule has 0 unspecified atom stereocenters. The van der Waals surface area contributed by atoms with Crippen molar-refractivity contribution in [2.45, 2.75) is 64.1 Å². The lowest BCUT2D eigenvalue weighted by molar-refractivity contribution is -0.140. The number of benzene rings is 4. The van der Waals surface area contributed by atoms with Gasteiger partial charge in [-0.25, -0.2) is 8.42 Å². The Hall–Kier alpha value is -4.63. The number of carbonyl (C=O) groups is 2. The zero-order valence-corrected chi connectivity index (χ0v) is 28.0. The molecule has 9 heteroatoms. The van der Waals surface area contributed by atoms with E-state index in [0.717, 1.165) is 26.6 Å². The van der Waals surface area contributed by atoms with E-state index in [-0.39, 0.29) is 29.8 Å². The van der Waals surface area contributed by atoms with Crippen molar-refractivity contribution in [3.8, 4) is 5.75 Å². The van der Waals surface area contributed by atoms with E-state index in [4.69, 9.17) is 4.74 Å². The van der Waals surface area contributed by atoms with Crippen molar-refractivity contribution in [1.82, 2.24) is 10.2 Å². The zero-order chi connectivity index (χ0) is 33.3. The molecular formula is C37H43N3O5S. The first-order valence-corrected chi connectivity index (χ1v) is 16.9. The maximum Gasteiger partial charge on any atom is 0.264 e. The highest BCUT2D eigenvalue weighted by molar-refractivity contribution is 7.92. The highest BCUT2D eigenvalue weighted by atomic mass is 32.2. The van der Waals surface area contributed by atoms with E-state index in [1.54, 1.807) is 43.5 Å². The van der Waals surface area contributed by atoms with Gasteiger partial charge < -0.3 is 15.0 Å². The Morgan fingerprint density at radius 1 is 0.848 bits per heavy atom. The fourth-order valence-electron chi connectivity index (χ4n) is 5.20. The number of rotatable bonds is 14. The second-order valence-corrected chi connectivity index (χ2v) is 13.3. The second-order valence-electron chi connectivity index (χ2n) is 11.4. The third kappa shape index (κ3) is 8.34. The number of carbonyl (C=O) groups excluding carboxylic acids is 2. The van der Waals surface area contributed by atoms with Crippen molar-refractivity contribution < 1.29 is 22.7 Å². The second kappa shape index (κ2) is 15.6. The molecule has 1 N–H and O–H groups in total. The molecule has 46 heavy (non-hydrogen) atoms. The number of sulfonamides is 1. The molecule has 0 bridgehead atoms. The van der Waals surface area contributed by atoms with Crippen LogP contribution in [0.3, 0.4) is 0 Å². The van der Waals surface area contributed by atoms with E-state index in [1.165, 1.54) is 17.0 Å². The Morgan fingerprint density at radius 2 is 1.48 bits per heavy atom. The monoisotopic (exact) mass is 641 g/mol. The van der Waals surface area contributed by atoms with Gasteiger partial charge in [0, 0.05) is 19.0 Å². The Labute approximate surface area is 273 Å². The van der Waals surface area contributed by atoms with Gasteiger partial charge in [-0.05, 0) is 79.8 Å². The minimum atomic E-state index is -4.17. The number of hydrogen-bond acceptors (Lipinski definition) is 5. The predicted molar refractivity (Wildman–Crippen MR) is 182 cm³/mol. The predicted octanol–water partition coefficient (Wildman–Crippen LogP) is 6.06. The Kier molecular flexibility index (Phi) is 11.6. The molecule has 0 aliphatic rings. The smallest absolute Gasteiger partial charge is 0.264 e. The highest BCUT2D eigenvalue weighted by Gasteiger charge is 2.35. The van der Waals surface area contributed by atoms with Crippen LogP contribution >= 0.6 is 0 Å². The van der Waals surface area contributed by atoms with Crippen LogP contribution in [-0.2, 0) is 32.6 Å². The molecule has 0 radical (unpaired) electrons. The summed E-state index contributed by atoms with van der Waals surface area (Å²) in [5.41, 5.74) is 3.65. The Balaban J connectivity index is 1.84. The molecule has 2 atom stereocenters. The fourth-order valence-corrected chi connectivity index (χ4v) is 6.69. The van der Waals surface area contributed by atoms with Gasteiger partial charge in [-0.3, -0.25) is 13.9 Å². The summed E-state index contributed by atoms with van der Waals surface area (Å²) < 4.78 is 35.1. The Bertz CT molecular complexity index is 1730. The van der Waals surface area contributed by atoms with Crippen LogP contribution in [0.2, 0.25) is 0 Å². The van der Waals surface area contributed by atoms with E-state index < -0.39 is 28.5 Å². The summed E-state index contributed by atoms with van der Waals surface area (Å²) in [6, 6.07) is 29.2. The van der Waals surface area contributed by atoms with E-state index >= 15 is 0 Å². The maximum atomic E-state index is 14.7. The maximum absolute atomic E-state index is 14.7. The number of nitrogens with zero attached hydrogens (tertiary/aromatic N) is 2. The molecule has 0 spiro atoms. The van der Waals surface area contributed by atoms with Crippen LogP contribution in [0.5, 0.6) is 5.75 Å². The number of nitrogens with one attached hydrogen (secondary N) is 1. The summed E-state index contributed by atoms with van der Waals surface area (Å²) in [4.78, 5) is 30.2. The average Bonchev–Trinajstić information content (AvgIpc) is 3.07. The average molecular weight is 642 g/mol. The van der Waals surface area contributed by atoms with Crippen molar-refractivity contribution in [3.63, 3.8) is 0 Å². The molecule has 242 valence electrons. The van der Waals surface area contributed by atoms with Gasteiger partial charge >= 0.3 is 0 Å². The molecule has 0 aliphatic heterocycles. The van der Waals surface area contributed by atoms with Gasteiger partial charge in [0.1, 0.15) is 18.3 Å². The molecule has 0 saturated carbocycles. The fraction of sp³-hybridized carbons (Fsp3) is 0.297. The molecule has 0 heterocycles. The molecule has 4 rings (SSSR count). The summed E-state index contributed by atoms with van der Waals surface area (Å²) in [6.45, 7) is 7.20. The van der Waals surface area contributed by atoms with Gasteiger partial charge in [-0.2, -0.15) is 0 Å². The summed E-state index contributed by atoms with van der Waals surface area (Å²) in [5.74, 6) is -0.209. The summed E-state index contributed by atoms with van der Waals surface area (Å²) in [5, 5.41) is 3.06. The van der Waals surface area contributed by atoms with Crippen LogP contribution in [0.25, 0.3) is 0 Å². The molecule has 0 saturated heterocycles. The zero-order valence-electron chi connectivity index (χ0n) is 27.1. The van der Waals surface area contributed by atoms with Gasteiger partial charge in [0.05, 0.1) is 17.7 Å². The van der Waals surface area contributed by atoms with Crippen LogP contribution < -0.4 is 14.4 Å². The standard InChI is InChI=1S/C37H43N3O5S/c1-6-28(3)38-37(42)35(24-30-16-9-7-10-17-30)39(25-31-18-14-19-32(23-31)45-5)36(41)26-40(34-22-13-15-27(2)29(34)4)46(43,44)33-20-11-8-12-21-33/h7-23,28,35H,6,24-26H2,1-5H3,(H,38,42)/t28-,35-/m0/s1. The molecule has 2 amide bonds. The van der Waals surface area contributed by atoms with Gasteiger partial charge in [-0.15, -0.1) is 0 Å². The largest absolute Gasteiger partial charge is 0.497 e. The lowest BCUT2D eigenvalue weighted by Crippen LogP contribution is -2.54. The topological polar surface area (TPSA) is 96.0 Å². The van der Waals surface area contributed by atoms with Gasteiger partial charge in [0.2, 0.25) is 11.8 Å². The van der Waals surface area contributed by atoms with Crippen molar-refractivity contribution in [1.29, 1.82) is 0 Å². The quantitative estimate of drug-likeness (QED) is 0.181. The first kappa shape index (κ1) is 34.2. The summed E-state index contributed by atoms with van der Waals surface area (Å²) in [7, 11) is -2.60. The number of aryl methyl sites for hydroxylation is 1. The number of hydrogen-bond donors (Lipinski definition) is 1. The van der Waals surface area contributed by atoms with Crippen LogP contribution in [0.4, 0.5) is 5.69 Å². The number of amides is 2. The molecule has 4 aromatic carbocycles. The van der Waals surface area contributed by atoms with E-state index in [0.29, 0.717) is 17.9 Å². The van der Waals surface area contributed by atoms with Gasteiger partial charge in [0.25, 0.3) is 10.0 Å². The lowest BCUT2D eigenvalue weighted by atomic mass is 10.0. The molecule has 8 nitrogen and oxygen atoms in total. The van der Waals surface area contributed by atoms with Crippen molar-refractivity contribution in [3.05, 3.63) is 125 Å². The first-order valence-electron chi connectivity index (χ1n) is 15.5. The third-order valence-corrected chi connectivity index (χ3v) is 9.99.